The van der Waals surface area contributed by atoms with E-state index in [2.05, 4.69) is 5.32 Å². The number of esters is 1. The van der Waals surface area contributed by atoms with Crippen LogP contribution in [0.25, 0.3) is 0 Å². The monoisotopic (exact) mass is 271 g/mol. The number of anilines is 1. The fraction of sp³-hybridized carbons (Fsp3) is 0.462. The van der Waals surface area contributed by atoms with Crippen molar-refractivity contribution in [2.45, 2.75) is 19.9 Å². The van der Waals surface area contributed by atoms with Crippen LogP contribution < -0.4 is 10.1 Å². The topological polar surface area (TPSA) is 47.6 Å². The molecular weight excluding hydrogens is 254 g/mol. The summed E-state index contributed by atoms with van der Waals surface area (Å²) >= 11 is 6.03. The third-order valence-corrected chi connectivity index (χ3v) is 3.16. The van der Waals surface area contributed by atoms with Gasteiger partial charge in [0.2, 0.25) is 0 Å². The van der Waals surface area contributed by atoms with Gasteiger partial charge in [-0.15, -0.1) is 0 Å². The van der Waals surface area contributed by atoms with Crippen molar-refractivity contribution in [2.24, 2.45) is 5.92 Å². The molecule has 0 bridgehead atoms. The number of hydrogen-bond donors (Lipinski definition) is 1. The van der Waals surface area contributed by atoms with E-state index in [1.807, 2.05) is 19.9 Å². The molecule has 2 unspecified atom stereocenters. The fourth-order valence-corrected chi connectivity index (χ4v) is 1.79. The highest BCUT2D eigenvalue weighted by atomic mass is 35.5. The lowest BCUT2D eigenvalue weighted by Gasteiger charge is -2.20. The lowest BCUT2D eigenvalue weighted by Crippen LogP contribution is -2.30. The number of benzene rings is 1. The smallest absolute Gasteiger partial charge is 0.310 e. The first-order valence-corrected chi connectivity index (χ1v) is 6.05. The molecule has 0 saturated heterocycles. The van der Waals surface area contributed by atoms with E-state index in [4.69, 9.17) is 21.1 Å². The van der Waals surface area contributed by atoms with E-state index in [9.17, 15) is 4.79 Å². The first-order valence-electron chi connectivity index (χ1n) is 5.67. The third kappa shape index (κ3) is 3.53. The van der Waals surface area contributed by atoms with Crippen LogP contribution in [0, 0.1) is 5.92 Å². The maximum Gasteiger partial charge on any atom is 0.310 e. The predicted octanol–water partition coefficient (Wildman–Crippen LogP) is 2.96. The number of carbonyl (C=O) groups is 1. The number of hydrogen-bond acceptors (Lipinski definition) is 4. The standard InChI is InChI=1S/C13H18ClNO3/c1-8(13(16)18-4)9(2)15-10-5-6-12(17-3)11(14)7-10/h5-9,15H,1-4H3. The normalized spacial score (nSPS) is 13.6. The van der Waals surface area contributed by atoms with Crippen molar-refractivity contribution in [1.82, 2.24) is 0 Å². The van der Waals surface area contributed by atoms with Crippen molar-refractivity contribution in [2.75, 3.05) is 19.5 Å². The minimum atomic E-state index is -0.241. The Labute approximate surface area is 112 Å². The third-order valence-electron chi connectivity index (χ3n) is 2.87. The molecule has 0 fully saturated rings. The Kier molecular flexibility index (Phi) is 5.28. The van der Waals surface area contributed by atoms with Gasteiger partial charge in [0, 0.05) is 11.7 Å². The van der Waals surface area contributed by atoms with Crippen molar-refractivity contribution < 1.29 is 14.3 Å². The van der Waals surface area contributed by atoms with Gasteiger partial charge in [0.1, 0.15) is 5.75 Å². The zero-order valence-electron chi connectivity index (χ0n) is 11.0. The summed E-state index contributed by atoms with van der Waals surface area (Å²) in [6.07, 6.45) is 0. The quantitative estimate of drug-likeness (QED) is 0.837. The van der Waals surface area contributed by atoms with Crippen LogP contribution in [0.15, 0.2) is 18.2 Å². The molecule has 18 heavy (non-hydrogen) atoms. The van der Waals surface area contributed by atoms with Crippen molar-refractivity contribution in [3.8, 4) is 5.75 Å². The highest BCUT2D eigenvalue weighted by Crippen LogP contribution is 2.28. The molecule has 1 aromatic rings. The number of nitrogens with one attached hydrogen (secondary N) is 1. The molecule has 2 atom stereocenters. The van der Waals surface area contributed by atoms with E-state index in [0.29, 0.717) is 10.8 Å². The summed E-state index contributed by atoms with van der Waals surface area (Å²) in [5.41, 5.74) is 0.837. The molecule has 0 aliphatic heterocycles. The number of rotatable bonds is 5. The maximum absolute atomic E-state index is 11.4. The molecule has 0 aromatic heterocycles. The summed E-state index contributed by atoms with van der Waals surface area (Å²) in [5, 5.41) is 3.74. The summed E-state index contributed by atoms with van der Waals surface area (Å²) in [5.74, 6) is 0.140. The molecule has 1 rings (SSSR count). The zero-order chi connectivity index (χ0) is 13.7. The Balaban J connectivity index is 2.73. The molecule has 0 saturated carbocycles. The van der Waals surface area contributed by atoms with Crippen LogP contribution in [0.3, 0.4) is 0 Å². The first-order chi connectivity index (χ1) is 8.49. The average molecular weight is 272 g/mol. The molecule has 0 aliphatic rings. The number of methoxy groups -OCH3 is 2. The van der Waals surface area contributed by atoms with E-state index >= 15 is 0 Å². The van der Waals surface area contributed by atoms with Gasteiger partial charge >= 0.3 is 5.97 Å². The highest BCUT2D eigenvalue weighted by molar-refractivity contribution is 6.32. The Bertz CT molecular complexity index is 423. The SMILES string of the molecule is COC(=O)C(C)C(C)Nc1ccc(OC)c(Cl)c1. The van der Waals surface area contributed by atoms with Gasteiger partial charge in [-0.2, -0.15) is 0 Å². The average Bonchev–Trinajstić information content (AvgIpc) is 2.37. The van der Waals surface area contributed by atoms with Crippen LogP contribution in [-0.4, -0.2) is 26.2 Å². The summed E-state index contributed by atoms with van der Waals surface area (Å²) in [7, 11) is 2.95. The van der Waals surface area contributed by atoms with Gasteiger partial charge in [0.15, 0.2) is 0 Å². The van der Waals surface area contributed by atoms with E-state index in [-0.39, 0.29) is 17.9 Å². The largest absolute Gasteiger partial charge is 0.495 e. The summed E-state index contributed by atoms with van der Waals surface area (Å²) in [4.78, 5) is 11.4. The van der Waals surface area contributed by atoms with Crippen LogP contribution in [0.2, 0.25) is 5.02 Å². The molecule has 1 aromatic carbocycles. The summed E-state index contributed by atoms with van der Waals surface area (Å²) in [6.45, 7) is 3.73. The molecular formula is C13H18ClNO3. The summed E-state index contributed by atoms with van der Waals surface area (Å²) in [6, 6.07) is 5.34. The predicted molar refractivity (Wildman–Crippen MR) is 72.3 cm³/mol. The van der Waals surface area contributed by atoms with E-state index < -0.39 is 0 Å². The van der Waals surface area contributed by atoms with Crippen LogP contribution in [0.1, 0.15) is 13.8 Å². The Morgan fingerprint density at radius 1 is 1.33 bits per heavy atom. The lowest BCUT2D eigenvalue weighted by atomic mass is 10.0. The van der Waals surface area contributed by atoms with Gasteiger partial charge < -0.3 is 14.8 Å². The molecule has 0 aliphatic carbocycles. The van der Waals surface area contributed by atoms with Crippen LogP contribution in [0.4, 0.5) is 5.69 Å². The summed E-state index contributed by atoms with van der Waals surface area (Å²) < 4.78 is 9.78. The zero-order valence-corrected chi connectivity index (χ0v) is 11.7. The minimum absolute atomic E-state index is 0.0538. The van der Waals surface area contributed by atoms with Gasteiger partial charge in [0.05, 0.1) is 25.2 Å². The first kappa shape index (κ1) is 14.6. The Morgan fingerprint density at radius 3 is 2.50 bits per heavy atom. The van der Waals surface area contributed by atoms with E-state index in [1.165, 1.54) is 7.11 Å². The van der Waals surface area contributed by atoms with Crippen molar-refractivity contribution >= 4 is 23.3 Å². The molecule has 5 heteroatoms. The second-order valence-corrected chi connectivity index (χ2v) is 4.50. The molecule has 0 radical (unpaired) electrons. The molecule has 4 nitrogen and oxygen atoms in total. The Hall–Kier alpha value is -1.42. The van der Waals surface area contributed by atoms with Gasteiger partial charge in [-0.1, -0.05) is 11.6 Å². The molecule has 100 valence electrons. The second-order valence-electron chi connectivity index (χ2n) is 4.09. The Morgan fingerprint density at radius 2 is 2.00 bits per heavy atom. The molecule has 0 amide bonds. The van der Waals surface area contributed by atoms with Crippen molar-refractivity contribution in [1.29, 1.82) is 0 Å². The van der Waals surface area contributed by atoms with Gasteiger partial charge in [0.25, 0.3) is 0 Å². The number of carbonyl (C=O) groups excluding carboxylic acids is 1. The maximum atomic E-state index is 11.4. The minimum Gasteiger partial charge on any atom is -0.495 e. The fourth-order valence-electron chi connectivity index (χ4n) is 1.53. The molecule has 0 spiro atoms. The molecule has 1 N–H and O–H groups in total. The second kappa shape index (κ2) is 6.50. The molecule has 0 heterocycles. The van der Waals surface area contributed by atoms with Gasteiger partial charge in [-0.05, 0) is 32.0 Å². The van der Waals surface area contributed by atoms with E-state index in [1.54, 1.807) is 19.2 Å². The van der Waals surface area contributed by atoms with Gasteiger partial charge in [-0.25, -0.2) is 0 Å². The van der Waals surface area contributed by atoms with Crippen molar-refractivity contribution in [3.63, 3.8) is 0 Å². The van der Waals surface area contributed by atoms with Crippen LogP contribution >= 0.6 is 11.6 Å². The highest BCUT2D eigenvalue weighted by Gasteiger charge is 2.20. The van der Waals surface area contributed by atoms with Crippen molar-refractivity contribution in [3.05, 3.63) is 23.2 Å². The number of halogens is 1. The number of ether oxygens (including phenoxy) is 2. The van der Waals surface area contributed by atoms with E-state index in [0.717, 1.165) is 5.69 Å². The van der Waals surface area contributed by atoms with Gasteiger partial charge in [-0.3, -0.25) is 4.79 Å². The van der Waals surface area contributed by atoms with Crippen LogP contribution in [-0.2, 0) is 9.53 Å². The lowest BCUT2D eigenvalue weighted by molar-refractivity contribution is -0.145. The van der Waals surface area contributed by atoms with Crippen LogP contribution in [0.5, 0.6) is 5.75 Å².